The van der Waals surface area contributed by atoms with Crippen molar-refractivity contribution in [3.05, 3.63) is 29.8 Å². The Hall–Kier alpha value is -1.72. The lowest BCUT2D eigenvalue weighted by molar-refractivity contribution is -0.144. The van der Waals surface area contributed by atoms with E-state index in [-0.39, 0.29) is 5.75 Å². The molecule has 6 heteroatoms. The van der Waals surface area contributed by atoms with Crippen molar-refractivity contribution in [2.24, 2.45) is 0 Å². The van der Waals surface area contributed by atoms with Crippen LogP contribution in [-0.4, -0.2) is 17.2 Å². The lowest BCUT2D eigenvalue weighted by atomic mass is 10.2. The first-order valence-corrected chi connectivity index (χ1v) is 4.37. The standard InChI is InChI=1S/C10H9F3O3/c1-6(9(14)15)16-8-4-2-7(3-5-8)10(11,12)13/h2-6H,1H3,(H,14,15)/t6-/m1/s1. The highest BCUT2D eigenvalue weighted by Gasteiger charge is 2.30. The molecule has 0 fully saturated rings. The topological polar surface area (TPSA) is 46.5 Å². The van der Waals surface area contributed by atoms with Crippen molar-refractivity contribution >= 4 is 5.97 Å². The predicted molar refractivity (Wildman–Crippen MR) is 49.2 cm³/mol. The molecule has 0 saturated heterocycles. The average Bonchev–Trinajstić information content (AvgIpc) is 2.17. The molecule has 0 saturated carbocycles. The zero-order valence-corrected chi connectivity index (χ0v) is 8.28. The van der Waals surface area contributed by atoms with Crippen LogP contribution in [0.1, 0.15) is 12.5 Å². The molecule has 0 aromatic heterocycles. The summed E-state index contributed by atoms with van der Waals surface area (Å²) in [5, 5.41) is 8.52. The van der Waals surface area contributed by atoms with Gasteiger partial charge in [0.2, 0.25) is 0 Å². The molecule has 1 rings (SSSR count). The number of benzene rings is 1. The Balaban J connectivity index is 2.76. The Morgan fingerprint density at radius 1 is 1.31 bits per heavy atom. The third kappa shape index (κ3) is 3.15. The van der Waals surface area contributed by atoms with Gasteiger partial charge in [-0.2, -0.15) is 13.2 Å². The number of carbonyl (C=O) groups is 1. The van der Waals surface area contributed by atoms with E-state index in [9.17, 15) is 18.0 Å². The van der Waals surface area contributed by atoms with Gasteiger partial charge in [-0.05, 0) is 31.2 Å². The molecule has 0 aliphatic carbocycles. The van der Waals surface area contributed by atoms with Crippen molar-refractivity contribution in [2.75, 3.05) is 0 Å². The highest BCUT2D eigenvalue weighted by Crippen LogP contribution is 2.30. The summed E-state index contributed by atoms with van der Waals surface area (Å²) in [6.07, 6.45) is -5.51. The van der Waals surface area contributed by atoms with Crippen molar-refractivity contribution in [1.82, 2.24) is 0 Å². The van der Waals surface area contributed by atoms with Crippen LogP contribution >= 0.6 is 0 Å². The lowest BCUT2D eigenvalue weighted by Crippen LogP contribution is -2.22. The van der Waals surface area contributed by atoms with E-state index in [0.29, 0.717) is 0 Å². The third-order valence-corrected chi connectivity index (χ3v) is 1.84. The minimum absolute atomic E-state index is 0.0860. The maximum absolute atomic E-state index is 12.2. The third-order valence-electron chi connectivity index (χ3n) is 1.84. The molecular weight excluding hydrogens is 225 g/mol. The number of halogens is 3. The second kappa shape index (κ2) is 4.42. The van der Waals surface area contributed by atoms with E-state index in [1.807, 2.05) is 0 Å². The van der Waals surface area contributed by atoms with E-state index in [0.717, 1.165) is 24.3 Å². The molecule has 3 nitrogen and oxygen atoms in total. The summed E-state index contributed by atoms with van der Waals surface area (Å²) in [4.78, 5) is 10.4. The van der Waals surface area contributed by atoms with Gasteiger partial charge in [0, 0.05) is 0 Å². The van der Waals surface area contributed by atoms with Crippen molar-refractivity contribution in [1.29, 1.82) is 0 Å². The molecule has 1 N–H and O–H groups in total. The maximum atomic E-state index is 12.2. The summed E-state index contributed by atoms with van der Waals surface area (Å²) in [7, 11) is 0. The predicted octanol–water partition coefficient (Wildman–Crippen LogP) is 2.56. The zero-order chi connectivity index (χ0) is 12.3. The van der Waals surface area contributed by atoms with E-state index in [1.165, 1.54) is 6.92 Å². The smallest absolute Gasteiger partial charge is 0.416 e. The molecule has 0 bridgehead atoms. The van der Waals surface area contributed by atoms with E-state index in [2.05, 4.69) is 0 Å². The van der Waals surface area contributed by atoms with Gasteiger partial charge in [0.05, 0.1) is 5.56 Å². The van der Waals surface area contributed by atoms with Crippen LogP contribution in [0.2, 0.25) is 0 Å². The number of rotatable bonds is 3. The molecule has 1 atom stereocenters. The molecule has 1 aromatic carbocycles. The summed E-state index contributed by atoms with van der Waals surface area (Å²) in [5.74, 6) is -1.09. The van der Waals surface area contributed by atoms with E-state index < -0.39 is 23.8 Å². The van der Waals surface area contributed by atoms with Crippen LogP contribution < -0.4 is 4.74 Å². The summed E-state index contributed by atoms with van der Waals surface area (Å²) < 4.78 is 41.4. The van der Waals surface area contributed by atoms with Gasteiger partial charge < -0.3 is 9.84 Å². The molecule has 0 aliphatic rings. The van der Waals surface area contributed by atoms with Gasteiger partial charge in [0.15, 0.2) is 6.10 Å². The maximum Gasteiger partial charge on any atom is 0.416 e. The number of hydrogen-bond acceptors (Lipinski definition) is 2. The average molecular weight is 234 g/mol. The molecule has 0 spiro atoms. The molecule has 0 unspecified atom stereocenters. The van der Waals surface area contributed by atoms with Gasteiger partial charge in [-0.1, -0.05) is 0 Å². The fourth-order valence-electron chi connectivity index (χ4n) is 0.977. The van der Waals surface area contributed by atoms with Crippen LogP contribution in [0.3, 0.4) is 0 Å². The number of hydrogen-bond donors (Lipinski definition) is 1. The van der Waals surface area contributed by atoms with Gasteiger partial charge in [0.25, 0.3) is 0 Å². The van der Waals surface area contributed by atoms with Crippen molar-refractivity contribution in [3.63, 3.8) is 0 Å². The van der Waals surface area contributed by atoms with Crippen LogP contribution in [0.4, 0.5) is 13.2 Å². The number of ether oxygens (including phenoxy) is 1. The van der Waals surface area contributed by atoms with E-state index in [4.69, 9.17) is 9.84 Å². The molecule has 88 valence electrons. The van der Waals surface area contributed by atoms with E-state index in [1.54, 1.807) is 0 Å². The summed E-state index contributed by atoms with van der Waals surface area (Å²) >= 11 is 0. The Kier molecular flexibility index (Phi) is 3.41. The molecule has 0 aliphatic heterocycles. The highest BCUT2D eigenvalue weighted by molar-refractivity contribution is 5.72. The van der Waals surface area contributed by atoms with Crippen LogP contribution in [0.5, 0.6) is 5.75 Å². The van der Waals surface area contributed by atoms with Crippen molar-refractivity contribution < 1.29 is 27.8 Å². The lowest BCUT2D eigenvalue weighted by Gasteiger charge is -2.11. The Morgan fingerprint density at radius 2 is 1.81 bits per heavy atom. The number of carboxylic acids is 1. The molecular formula is C10H9F3O3. The van der Waals surface area contributed by atoms with Crippen LogP contribution in [0.25, 0.3) is 0 Å². The fourth-order valence-corrected chi connectivity index (χ4v) is 0.977. The summed E-state index contributed by atoms with van der Waals surface area (Å²) in [5.41, 5.74) is -0.803. The molecule has 0 heterocycles. The largest absolute Gasteiger partial charge is 0.479 e. The van der Waals surface area contributed by atoms with Crippen LogP contribution in [-0.2, 0) is 11.0 Å². The summed E-state index contributed by atoms with van der Waals surface area (Å²) in [6, 6.07) is 3.85. The van der Waals surface area contributed by atoms with Crippen LogP contribution in [0.15, 0.2) is 24.3 Å². The van der Waals surface area contributed by atoms with Gasteiger partial charge in [-0.3, -0.25) is 0 Å². The first-order chi connectivity index (χ1) is 7.30. The van der Waals surface area contributed by atoms with Gasteiger partial charge in [-0.15, -0.1) is 0 Å². The number of alkyl halides is 3. The quantitative estimate of drug-likeness (QED) is 0.874. The number of carboxylic acid groups (broad SMARTS) is 1. The first kappa shape index (κ1) is 12.4. The van der Waals surface area contributed by atoms with Gasteiger partial charge >= 0.3 is 12.1 Å². The molecule has 1 aromatic rings. The van der Waals surface area contributed by atoms with Crippen molar-refractivity contribution in [3.8, 4) is 5.75 Å². The summed E-state index contributed by atoms with van der Waals surface area (Å²) in [6.45, 7) is 1.29. The monoisotopic (exact) mass is 234 g/mol. The van der Waals surface area contributed by atoms with Gasteiger partial charge in [-0.25, -0.2) is 4.79 Å². The minimum atomic E-state index is -4.41. The molecule has 0 radical (unpaired) electrons. The SMILES string of the molecule is C[C@@H](Oc1ccc(C(F)(F)F)cc1)C(=O)O. The van der Waals surface area contributed by atoms with Crippen LogP contribution in [0, 0.1) is 0 Å². The second-order valence-electron chi connectivity index (χ2n) is 3.12. The van der Waals surface area contributed by atoms with Gasteiger partial charge in [0.1, 0.15) is 5.75 Å². The Morgan fingerprint density at radius 3 is 2.19 bits per heavy atom. The molecule has 0 amide bonds. The second-order valence-corrected chi connectivity index (χ2v) is 3.12. The zero-order valence-electron chi connectivity index (χ0n) is 8.28. The Labute approximate surface area is 89.5 Å². The normalized spacial score (nSPS) is 13.2. The van der Waals surface area contributed by atoms with E-state index >= 15 is 0 Å². The highest BCUT2D eigenvalue weighted by atomic mass is 19.4. The first-order valence-electron chi connectivity index (χ1n) is 4.37. The molecule has 16 heavy (non-hydrogen) atoms. The van der Waals surface area contributed by atoms with Crippen molar-refractivity contribution in [2.45, 2.75) is 19.2 Å². The number of aliphatic carboxylic acids is 1. The minimum Gasteiger partial charge on any atom is -0.479 e. The fraction of sp³-hybridized carbons (Fsp3) is 0.300. The Bertz CT molecular complexity index is 370.